The summed E-state index contributed by atoms with van der Waals surface area (Å²) in [4.78, 5) is 12.0. The molecule has 0 radical (unpaired) electrons. The molecule has 1 amide bonds. The molecule has 0 aliphatic carbocycles. The standard InChI is InChI=1S/C16H23NO3/c1-6-7-11(2)16(18)17-12(3)13-8-9-14(19-4)15(10-13)20-5/h7-10,12H,6H2,1-5H3,(H,17,18)/b11-7+/t12-/m0/s1. The second kappa shape index (κ2) is 7.58. The third kappa shape index (κ3) is 4.02. The minimum atomic E-state index is -0.0949. The van der Waals surface area contributed by atoms with Gasteiger partial charge < -0.3 is 14.8 Å². The Morgan fingerprint density at radius 2 is 1.95 bits per heavy atom. The number of hydrogen-bond donors (Lipinski definition) is 1. The van der Waals surface area contributed by atoms with Crippen LogP contribution in [0.15, 0.2) is 29.8 Å². The minimum Gasteiger partial charge on any atom is -0.493 e. The first kappa shape index (κ1) is 16.1. The van der Waals surface area contributed by atoms with Crippen LogP contribution in [-0.2, 0) is 4.79 Å². The van der Waals surface area contributed by atoms with Gasteiger partial charge in [0.1, 0.15) is 0 Å². The predicted octanol–water partition coefficient (Wildman–Crippen LogP) is 3.24. The van der Waals surface area contributed by atoms with Gasteiger partial charge in [0, 0.05) is 5.57 Å². The Balaban J connectivity index is 2.85. The van der Waals surface area contributed by atoms with Gasteiger partial charge in [-0.1, -0.05) is 19.1 Å². The molecule has 1 rings (SSSR count). The molecule has 4 heteroatoms. The van der Waals surface area contributed by atoms with E-state index in [-0.39, 0.29) is 11.9 Å². The van der Waals surface area contributed by atoms with Gasteiger partial charge in [-0.2, -0.15) is 0 Å². The summed E-state index contributed by atoms with van der Waals surface area (Å²) >= 11 is 0. The zero-order valence-electron chi connectivity index (χ0n) is 12.8. The maximum absolute atomic E-state index is 12.0. The number of methoxy groups -OCH3 is 2. The Bertz CT molecular complexity index is 494. The van der Waals surface area contributed by atoms with Gasteiger partial charge in [0.2, 0.25) is 5.91 Å². The van der Waals surface area contributed by atoms with Crippen molar-refractivity contribution in [3.8, 4) is 11.5 Å². The summed E-state index contributed by atoms with van der Waals surface area (Å²) in [6.45, 7) is 5.77. The number of carbonyl (C=O) groups excluding carboxylic acids is 1. The molecule has 0 aliphatic heterocycles. The number of amides is 1. The summed E-state index contributed by atoms with van der Waals surface area (Å²) in [5.41, 5.74) is 1.71. The number of ether oxygens (including phenoxy) is 2. The lowest BCUT2D eigenvalue weighted by Crippen LogP contribution is -2.27. The molecular formula is C16H23NO3. The first-order chi connectivity index (χ1) is 9.53. The molecule has 0 unspecified atom stereocenters. The van der Waals surface area contributed by atoms with Gasteiger partial charge >= 0.3 is 0 Å². The van der Waals surface area contributed by atoms with E-state index in [0.29, 0.717) is 11.5 Å². The van der Waals surface area contributed by atoms with Crippen LogP contribution in [0.3, 0.4) is 0 Å². The van der Waals surface area contributed by atoms with Crippen LogP contribution in [0, 0.1) is 0 Å². The molecule has 0 saturated heterocycles. The first-order valence-electron chi connectivity index (χ1n) is 6.73. The highest BCUT2D eigenvalue weighted by molar-refractivity contribution is 5.93. The van der Waals surface area contributed by atoms with Crippen LogP contribution >= 0.6 is 0 Å². The Morgan fingerprint density at radius 1 is 1.30 bits per heavy atom. The summed E-state index contributed by atoms with van der Waals surface area (Å²) in [5.74, 6) is 1.29. The predicted molar refractivity (Wildman–Crippen MR) is 80.2 cm³/mol. The number of hydrogen-bond acceptors (Lipinski definition) is 3. The third-order valence-electron chi connectivity index (χ3n) is 3.12. The van der Waals surface area contributed by atoms with Crippen LogP contribution < -0.4 is 14.8 Å². The van der Waals surface area contributed by atoms with E-state index in [1.807, 2.05) is 45.0 Å². The van der Waals surface area contributed by atoms with Gasteiger partial charge in [0.25, 0.3) is 0 Å². The number of allylic oxidation sites excluding steroid dienone is 1. The van der Waals surface area contributed by atoms with Crippen molar-refractivity contribution in [1.82, 2.24) is 5.32 Å². The molecule has 1 N–H and O–H groups in total. The average molecular weight is 277 g/mol. The molecule has 1 aromatic rings. The van der Waals surface area contributed by atoms with Gasteiger partial charge in [-0.25, -0.2) is 0 Å². The molecule has 0 aliphatic rings. The van der Waals surface area contributed by atoms with E-state index >= 15 is 0 Å². The van der Waals surface area contributed by atoms with Crippen molar-refractivity contribution >= 4 is 5.91 Å². The molecule has 0 spiro atoms. The van der Waals surface area contributed by atoms with Crippen molar-refractivity contribution in [3.05, 3.63) is 35.4 Å². The van der Waals surface area contributed by atoms with Gasteiger partial charge in [-0.3, -0.25) is 4.79 Å². The monoisotopic (exact) mass is 277 g/mol. The highest BCUT2D eigenvalue weighted by atomic mass is 16.5. The summed E-state index contributed by atoms with van der Waals surface area (Å²) in [7, 11) is 3.20. The smallest absolute Gasteiger partial charge is 0.247 e. The number of rotatable bonds is 6. The van der Waals surface area contributed by atoms with Crippen molar-refractivity contribution in [2.45, 2.75) is 33.2 Å². The van der Waals surface area contributed by atoms with E-state index in [4.69, 9.17) is 9.47 Å². The minimum absolute atomic E-state index is 0.0471. The van der Waals surface area contributed by atoms with E-state index in [1.54, 1.807) is 14.2 Å². The van der Waals surface area contributed by atoms with Gasteiger partial charge in [0.05, 0.1) is 20.3 Å². The SMILES string of the molecule is CC/C=C(\C)C(=O)N[C@@H](C)c1ccc(OC)c(OC)c1. The van der Waals surface area contributed by atoms with Crippen molar-refractivity contribution < 1.29 is 14.3 Å². The molecule has 1 atom stereocenters. The van der Waals surface area contributed by atoms with Crippen molar-refractivity contribution in [3.63, 3.8) is 0 Å². The second-order valence-electron chi connectivity index (χ2n) is 4.60. The highest BCUT2D eigenvalue weighted by Crippen LogP contribution is 2.29. The van der Waals surface area contributed by atoms with Crippen LogP contribution in [0.5, 0.6) is 11.5 Å². The zero-order chi connectivity index (χ0) is 15.1. The maximum atomic E-state index is 12.0. The topological polar surface area (TPSA) is 47.6 Å². The fourth-order valence-electron chi connectivity index (χ4n) is 1.91. The molecule has 0 bridgehead atoms. The summed E-state index contributed by atoms with van der Waals surface area (Å²) in [6, 6.07) is 5.54. The summed E-state index contributed by atoms with van der Waals surface area (Å²) < 4.78 is 10.5. The van der Waals surface area contributed by atoms with Gasteiger partial charge in [-0.15, -0.1) is 0 Å². The number of nitrogens with one attached hydrogen (secondary N) is 1. The number of benzene rings is 1. The quantitative estimate of drug-likeness (QED) is 0.812. The molecule has 0 saturated carbocycles. The van der Waals surface area contributed by atoms with E-state index < -0.39 is 0 Å². The van der Waals surface area contributed by atoms with Crippen LogP contribution in [-0.4, -0.2) is 20.1 Å². The lowest BCUT2D eigenvalue weighted by molar-refractivity contribution is -0.118. The lowest BCUT2D eigenvalue weighted by Gasteiger charge is -2.16. The van der Waals surface area contributed by atoms with Crippen molar-refractivity contribution in [2.24, 2.45) is 0 Å². The van der Waals surface area contributed by atoms with Crippen LogP contribution in [0.4, 0.5) is 0 Å². The molecule has 20 heavy (non-hydrogen) atoms. The van der Waals surface area contributed by atoms with Gasteiger partial charge in [0.15, 0.2) is 11.5 Å². The highest BCUT2D eigenvalue weighted by Gasteiger charge is 2.13. The van der Waals surface area contributed by atoms with Crippen LogP contribution in [0.1, 0.15) is 38.8 Å². The summed E-state index contributed by atoms with van der Waals surface area (Å²) in [5, 5.41) is 2.97. The fourth-order valence-corrected chi connectivity index (χ4v) is 1.91. The molecule has 110 valence electrons. The second-order valence-corrected chi connectivity index (χ2v) is 4.60. The van der Waals surface area contributed by atoms with Crippen LogP contribution in [0.2, 0.25) is 0 Å². The molecule has 0 aromatic heterocycles. The Kier molecular flexibility index (Phi) is 6.10. The molecule has 0 fully saturated rings. The number of carbonyl (C=O) groups is 1. The van der Waals surface area contributed by atoms with E-state index in [2.05, 4.69) is 5.32 Å². The Morgan fingerprint density at radius 3 is 2.50 bits per heavy atom. The third-order valence-corrected chi connectivity index (χ3v) is 3.12. The van der Waals surface area contributed by atoms with E-state index in [0.717, 1.165) is 17.6 Å². The van der Waals surface area contributed by atoms with Crippen molar-refractivity contribution in [2.75, 3.05) is 14.2 Å². The first-order valence-corrected chi connectivity index (χ1v) is 6.73. The summed E-state index contributed by atoms with van der Waals surface area (Å²) in [6.07, 6.45) is 2.76. The fraction of sp³-hybridized carbons (Fsp3) is 0.438. The van der Waals surface area contributed by atoms with Crippen molar-refractivity contribution in [1.29, 1.82) is 0 Å². The molecular weight excluding hydrogens is 254 g/mol. The zero-order valence-corrected chi connectivity index (χ0v) is 12.8. The van der Waals surface area contributed by atoms with Crippen LogP contribution in [0.25, 0.3) is 0 Å². The average Bonchev–Trinajstić information content (AvgIpc) is 2.46. The molecule has 4 nitrogen and oxygen atoms in total. The Labute approximate surface area is 120 Å². The normalized spacial score (nSPS) is 12.8. The maximum Gasteiger partial charge on any atom is 0.247 e. The molecule has 1 aromatic carbocycles. The Hall–Kier alpha value is -1.97. The van der Waals surface area contributed by atoms with Gasteiger partial charge in [-0.05, 0) is 38.0 Å². The van der Waals surface area contributed by atoms with E-state index in [1.165, 1.54) is 0 Å². The van der Waals surface area contributed by atoms with E-state index in [9.17, 15) is 4.79 Å². The molecule has 0 heterocycles. The lowest BCUT2D eigenvalue weighted by atomic mass is 10.1. The largest absolute Gasteiger partial charge is 0.493 e.